The number of rotatable bonds is 2. The Morgan fingerprint density at radius 3 is 2.95 bits per heavy atom. The number of nitrogens with zero attached hydrogens (tertiary/aromatic N) is 4. The fourth-order valence-corrected chi connectivity index (χ4v) is 3.02. The molecule has 2 aliphatic rings. The van der Waals surface area contributed by atoms with E-state index in [0.717, 1.165) is 44.8 Å². The SMILES string of the molecule is Nc1nc(Cl)cc(N2CCCC(N3CCNC3=O)C2)n1. The third kappa shape index (κ3) is 2.58. The van der Waals surface area contributed by atoms with Gasteiger partial charge >= 0.3 is 6.03 Å². The van der Waals surface area contributed by atoms with Gasteiger partial charge in [0.05, 0.1) is 6.04 Å². The van der Waals surface area contributed by atoms with Gasteiger partial charge in [0.15, 0.2) is 0 Å². The Balaban J connectivity index is 1.76. The zero-order valence-electron chi connectivity index (χ0n) is 11.0. The van der Waals surface area contributed by atoms with E-state index in [1.54, 1.807) is 6.07 Å². The van der Waals surface area contributed by atoms with E-state index in [4.69, 9.17) is 17.3 Å². The monoisotopic (exact) mass is 296 g/mol. The van der Waals surface area contributed by atoms with E-state index in [9.17, 15) is 4.79 Å². The average Bonchev–Trinajstić information content (AvgIpc) is 2.84. The van der Waals surface area contributed by atoms with Crippen LogP contribution in [0.25, 0.3) is 0 Å². The van der Waals surface area contributed by atoms with E-state index < -0.39 is 0 Å². The first-order chi connectivity index (χ1) is 9.63. The molecule has 2 saturated heterocycles. The number of piperidine rings is 1. The molecule has 3 N–H and O–H groups in total. The Bertz CT molecular complexity index is 504. The molecule has 108 valence electrons. The number of hydrogen-bond donors (Lipinski definition) is 2. The fraction of sp³-hybridized carbons (Fsp3) is 0.583. The number of urea groups is 1. The van der Waals surface area contributed by atoms with Gasteiger partial charge in [0.2, 0.25) is 5.95 Å². The van der Waals surface area contributed by atoms with Crippen molar-refractivity contribution in [2.24, 2.45) is 0 Å². The summed E-state index contributed by atoms with van der Waals surface area (Å²) in [6.45, 7) is 3.13. The summed E-state index contributed by atoms with van der Waals surface area (Å²) >= 11 is 5.92. The molecule has 1 aromatic rings. The molecule has 3 rings (SSSR count). The summed E-state index contributed by atoms with van der Waals surface area (Å²) < 4.78 is 0. The van der Waals surface area contributed by atoms with E-state index in [0.29, 0.717) is 5.15 Å². The van der Waals surface area contributed by atoms with Crippen LogP contribution in [0.1, 0.15) is 12.8 Å². The molecule has 7 nitrogen and oxygen atoms in total. The molecule has 0 spiro atoms. The molecule has 0 radical (unpaired) electrons. The van der Waals surface area contributed by atoms with Crippen molar-refractivity contribution in [2.45, 2.75) is 18.9 Å². The molecule has 1 unspecified atom stereocenters. The van der Waals surface area contributed by atoms with Gasteiger partial charge in [0.1, 0.15) is 11.0 Å². The van der Waals surface area contributed by atoms with Crippen LogP contribution < -0.4 is 16.0 Å². The third-order valence-electron chi connectivity index (χ3n) is 3.75. The molecule has 1 aromatic heterocycles. The second-order valence-electron chi connectivity index (χ2n) is 5.07. The Morgan fingerprint density at radius 2 is 2.25 bits per heavy atom. The van der Waals surface area contributed by atoms with Crippen molar-refractivity contribution >= 4 is 29.4 Å². The highest BCUT2D eigenvalue weighted by molar-refractivity contribution is 6.29. The normalized spacial score (nSPS) is 23.1. The minimum atomic E-state index is 0.0251. The van der Waals surface area contributed by atoms with Crippen LogP contribution in [0, 0.1) is 0 Å². The van der Waals surface area contributed by atoms with Gasteiger partial charge in [-0.2, -0.15) is 4.98 Å². The van der Waals surface area contributed by atoms with Crippen LogP contribution in [-0.2, 0) is 0 Å². The lowest BCUT2D eigenvalue weighted by atomic mass is 10.0. The van der Waals surface area contributed by atoms with Crippen molar-refractivity contribution in [1.29, 1.82) is 0 Å². The number of carbonyl (C=O) groups is 1. The van der Waals surface area contributed by atoms with Crippen LogP contribution in [0.3, 0.4) is 0 Å². The van der Waals surface area contributed by atoms with Gasteiger partial charge < -0.3 is 20.9 Å². The number of amides is 2. The average molecular weight is 297 g/mol. The van der Waals surface area contributed by atoms with Crippen LogP contribution in [-0.4, -0.2) is 53.1 Å². The quantitative estimate of drug-likeness (QED) is 0.785. The maximum Gasteiger partial charge on any atom is 0.317 e. The lowest BCUT2D eigenvalue weighted by molar-refractivity contribution is 0.189. The number of anilines is 2. The van der Waals surface area contributed by atoms with Crippen LogP contribution in [0.2, 0.25) is 5.15 Å². The second-order valence-corrected chi connectivity index (χ2v) is 5.46. The summed E-state index contributed by atoms with van der Waals surface area (Å²) in [6.07, 6.45) is 2.02. The first-order valence-corrected chi connectivity index (χ1v) is 7.11. The number of nitrogens with one attached hydrogen (secondary N) is 1. The van der Waals surface area contributed by atoms with Gasteiger partial charge in [-0.3, -0.25) is 0 Å². The molecule has 0 aromatic carbocycles. The molecule has 1 atom stereocenters. The smallest absolute Gasteiger partial charge is 0.317 e. The van der Waals surface area contributed by atoms with E-state index >= 15 is 0 Å². The Morgan fingerprint density at radius 1 is 1.40 bits per heavy atom. The van der Waals surface area contributed by atoms with Gasteiger partial charge in [-0.15, -0.1) is 0 Å². The molecule has 0 bridgehead atoms. The van der Waals surface area contributed by atoms with E-state index in [1.165, 1.54) is 0 Å². The first-order valence-electron chi connectivity index (χ1n) is 6.73. The minimum Gasteiger partial charge on any atom is -0.368 e. The van der Waals surface area contributed by atoms with Gasteiger partial charge in [0.25, 0.3) is 0 Å². The number of nitrogen functional groups attached to an aromatic ring is 1. The van der Waals surface area contributed by atoms with Crippen LogP contribution in [0.5, 0.6) is 0 Å². The summed E-state index contributed by atoms with van der Waals surface area (Å²) in [4.78, 5) is 23.9. The number of hydrogen-bond acceptors (Lipinski definition) is 5. The van der Waals surface area contributed by atoms with Gasteiger partial charge in [-0.25, -0.2) is 9.78 Å². The maximum absolute atomic E-state index is 11.8. The highest BCUT2D eigenvalue weighted by atomic mass is 35.5. The number of halogens is 1. The van der Waals surface area contributed by atoms with Gasteiger partial charge in [-0.05, 0) is 12.8 Å². The Labute approximate surface area is 122 Å². The third-order valence-corrected chi connectivity index (χ3v) is 3.94. The molecule has 3 heterocycles. The van der Waals surface area contributed by atoms with Crippen LogP contribution >= 0.6 is 11.6 Å². The Kier molecular flexibility index (Phi) is 3.52. The van der Waals surface area contributed by atoms with Crippen molar-refractivity contribution < 1.29 is 4.79 Å². The number of aromatic nitrogens is 2. The molecule has 20 heavy (non-hydrogen) atoms. The van der Waals surface area contributed by atoms with Crippen molar-refractivity contribution in [3.63, 3.8) is 0 Å². The molecule has 2 fully saturated rings. The molecular formula is C12H17ClN6O. The standard InChI is InChI=1S/C12H17ClN6O/c13-9-6-10(17-11(14)16-9)18-4-1-2-8(7-18)19-5-3-15-12(19)20/h6,8H,1-5,7H2,(H,15,20)(H2,14,16,17). The van der Waals surface area contributed by atoms with Crippen LogP contribution in [0.15, 0.2) is 6.07 Å². The van der Waals surface area contributed by atoms with Crippen molar-refractivity contribution in [2.75, 3.05) is 36.8 Å². The lowest BCUT2D eigenvalue weighted by Crippen LogP contribution is -2.49. The summed E-state index contributed by atoms with van der Waals surface area (Å²) in [5, 5.41) is 3.18. The summed E-state index contributed by atoms with van der Waals surface area (Å²) in [5.74, 6) is 0.903. The Hall–Kier alpha value is -1.76. The largest absolute Gasteiger partial charge is 0.368 e. The molecule has 0 aliphatic carbocycles. The maximum atomic E-state index is 11.8. The molecular weight excluding hydrogens is 280 g/mol. The summed E-state index contributed by atoms with van der Waals surface area (Å²) in [6, 6.07) is 1.95. The number of carbonyl (C=O) groups excluding carboxylic acids is 1. The zero-order valence-corrected chi connectivity index (χ0v) is 11.8. The summed E-state index contributed by atoms with van der Waals surface area (Å²) in [7, 11) is 0. The highest BCUT2D eigenvalue weighted by Gasteiger charge is 2.31. The van der Waals surface area contributed by atoms with E-state index in [-0.39, 0.29) is 18.0 Å². The van der Waals surface area contributed by atoms with E-state index in [2.05, 4.69) is 20.2 Å². The zero-order chi connectivity index (χ0) is 14.1. The van der Waals surface area contributed by atoms with Crippen molar-refractivity contribution in [1.82, 2.24) is 20.2 Å². The predicted molar refractivity (Wildman–Crippen MR) is 76.8 cm³/mol. The first kappa shape index (κ1) is 13.2. The number of nitrogens with two attached hydrogens (primary N) is 1. The van der Waals surface area contributed by atoms with Crippen molar-refractivity contribution in [3.05, 3.63) is 11.2 Å². The molecule has 0 saturated carbocycles. The second kappa shape index (κ2) is 5.32. The van der Waals surface area contributed by atoms with Crippen molar-refractivity contribution in [3.8, 4) is 0 Å². The fourth-order valence-electron chi connectivity index (χ4n) is 2.84. The van der Waals surface area contributed by atoms with Crippen LogP contribution in [0.4, 0.5) is 16.6 Å². The summed E-state index contributed by atoms with van der Waals surface area (Å²) in [5.41, 5.74) is 5.64. The molecule has 2 amide bonds. The topological polar surface area (TPSA) is 87.4 Å². The predicted octanol–water partition coefficient (Wildman–Crippen LogP) is 0.706. The highest BCUT2D eigenvalue weighted by Crippen LogP contribution is 2.24. The van der Waals surface area contributed by atoms with E-state index in [1.807, 2.05) is 4.90 Å². The van der Waals surface area contributed by atoms with Gasteiger partial charge in [0, 0.05) is 32.2 Å². The minimum absolute atomic E-state index is 0.0251. The molecule has 8 heteroatoms. The molecule has 2 aliphatic heterocycles. The lowest BCUT2D eigenvalue weighted by Gasteiger charge is -2.37. The van der Waals surface area contributed by atoms with Gasteiger partial charge in [-0.1, -0.05) is 11.6 Å².